The van der Waals surface area contributed by atoms with Crippen LogP contribution in [0.2, 0.25) is 0 Å². The Morgan fingerprint density at radius 3 is 2.71 bits per heavy atom. The molecule has 112 valence electrons. The van der Waals surface area contributed by atoms with Crippen LogP contribution >= 0.6 is 11.3 Å². The molecule has 1 fully saturated rings. The molecule has 2 N–H and O–H groups in total. The Morgan fingerprint density at radius 1 is 1.29 bits per heavy atom. The third kappa shape index (κ3) is 2.92. The second-order valence-corrected chi connectivity index (χ2v) is 6.27. The third-order valence-corrected chi connectivity index (χ3v) is 4.91. The van der Waals surface area contributed by atoms with Crippen LogP contribution in [-0.2, 0) is 0 Å². The van der Waals surface area contributed by atoms with Crippen molar-refractivity contribution in [1.29, 1.82) is 0 Å². The second kappa shape index (κ2) is 5.85. The molecule has 2 aromatic rings. The molecule has 6 nitrogen and oxygen atoms in total. The van der Waals surface area contributed by atoms with Crippen molar-refractivity contribution in [2.45, 2.75) is 25.8 Å². The number of hydrogen-bond acceptors (Lipinski definition) is 7. The molecule has 0 spiro atoms. The molecule has 21 heavy (non-hydrogen) atoms. The van der Waals surface area contributed by atoms with Crippen LogP contribution in [0.4, 0.5) is 17.8 Å². The molecule has 0 aromatic carbocycles. The van der Waals surface area contributed by atoms with Gasteiger partial charge >= 0.3 is 0 Å². The maximum Gasteiger partial charge on any atom is 0.232 e. The highest BCUT2D eigenvalue weighted by atomic mass is 32.1. The average Bonchev–Trinajstić information content (AvgIpc) is 3.17. The molecule has 1 aliphatic heterocycles. The van der Waals surface area contributed by atoms with Gasteiger partial charge in [-0.15, -0.1) is 11.3 Å². The molecule has 0 amide bonds. The maximum absolute atomic E-state index is 5.87. The van der Waals surface area contributed by atoms with E-state index in [2.05, 4.69) is 44.3 Å². The van der Waals surface area contributed by atoms with E-state index in [0.717, 1.165) is 13.1 Å². The van der Waals surface area contributed by atoms with Gasteiger partial charge in [-0.05, 0) is 31.2 Å². The number of nitrogens with zero attached hydrogens (tertiary/aromatic N) is 5. The fourth-order valence-electron chi connectivity index (χ4n) is 2.48. The van der Waals surface area contributed by atoms with E-state index in [1.54, 1.807) is 11.3 Å². The second-order valence-electron chi connectivity index (χ2n) is 5.29. The summed E-state index contributed by atoms with van der Waals surface area (Å²) in [5, 5.41) is 2.08. The quantitative estimate of drug-likeness (QED) is 0.934. The van der Waals surface area contributed by atoms with Gasteiger partial charge < -0.3 is 15.5 Å². The molecule has 0 aliphatic carbocycles. The SMILES string of the molecule is CC(c1cccs1)N(C)c1nc(N)nc(N2CCCC2)n1. The molecule has 0 radical (unpaired) electrons. The van der Waals surface area contributed by atoms with Crippen molar-refractivity contribution >= 4 is 29.2 Å². The van der Waals surface area contributed by atoms with Gasteiger partial charge in [0.15, 0.2) is 0 Å². The first-order valence-corrected chi connectivity index (χ1v) is 8.06. The van der Waals surface area contributed by atoms with Crippen molar-refractivity contribution in [3.05, 3.63) is 22.4 Å². The summed E-state index contributed by atoms with van der Waals surface area (Å²) in [7, 11) is 1.99. The Hall–Kier alpha value is -1.89. The number of rotatable bonds is 4. The fourth-order valence-corrected chi connectivity index (χ4v) is 3.31. The van der Waals surface area contributed by atoms with Crippen LogP contribution in [0, 0.1) is 0 Å². The number of anilines is 3. The molecular formula is C14H20N6S. The van der Waals surface area contributed by atoms with E-state index in [-0.39, 0.29) is 12.0 Å². The molecule has 1 unspecified atom stereocenters. The summed E-state index contributed by atoms with van der Waals surface area (Å²) in [6, 6.07) is 4.39. The lowest BCUT2D eigenvalue weighted by atomic mass is 10.2. The fraction of sp³-hybridized carbons (Fsp3) is 0.500. The van der Waals surface area contributed by atoms with E-state index in [9.17, 15) is 0 Å². The van der Waals surface area contributed by atoms with E-state index < -0.39 is 0 Å². The summed E-state index contributed by atoms with van der Waals surface area (Å²) in [6.07, 6.45) is 2.37. The summed E-state index contributed by atoms with van der Waals surface area (Å²) in [4.78, 5) is 18.7. The molecule has 2 aromatic heterocycles. The molecule has 3 rings (SSSR count). The number of nitrogens with two attached hydrogens (primary N) is 1. The van der Waals surface area contributed by atoms with Gasteiger partial charge in [-0.25, -0.2) is 0 Å². The zero-order valence-corrected chi connectivity index (χ0v) is 13.2. The lowest BCUT2D eigenvalue weighted by molar-refractivity contribution is 0.721. The predicted octanol–water partition coefficient (Wildman–Crippen LogP) is 2.31. The monoisotopic (exact) mass is 304 g/mol. The lowest BCUT2D eigenvalue weighted by Gasteiger charge is -2.25. The van der Waals surface area contributed by atoms with Gasteiger partial charge in [0, 0.05) is 25.0 Å². The molecular weight excluding hydrogens is 284 g/mol. The number of aromatic nitrogens is 3. The molecule has 1 atom stereocenters. The van der Waals surface area contributed by atoms with Crippen LogP contribution in [-0.4, -0.2) is 35.1 Å². The van der Waals surface area contributed by atoms with Gasteiger partial charge in [-0.1, -0.05) is 6.07 Å². The standard InChI is InChI=1S/C14H20N6S/c1-10(11-6-5-9-21-11)19(2)13-16-12(15)17-14(18-13)20-7-3-4-8-20/h5-6,9-10H,3-4,7-8H2,1-2H3,(H2,15,16,17,18). The summed E-state index contributed by atoms with van der Waals surface area (Å²) < 4.78 is 0. The highest BCUT2D eigenvalue weighted by Crippen LogP contribution is 2.27. The first-order valence-electron chi connectivity index (χ1n) is 7.18. The van der Waals surface area contributed by atoms with Gasteiger partial charge in [-0.3, -0.25) is 0 Å². The Labute approximate surface area is 128 Å². The van der Waals surface area contributed by atoms with Crippen LogP contribution in [0.25, 0.3) is 0 Å². The Bertz CT molecular complexity index is 594. The molecule has 0 saturated carbocycles. The number of thiophene rings is 1. The Morgan fingerprint density at radius 2 is 2.05 bits per heavy atom. The Balaban J connectivity index is 1.87. The minimum absolute atomic E-state index is 0.207. The topological polar surface area (TPSA) is 71.2 Å². The number of nitrogen functional groups attached to an aromatic ring is 1. The molecule has 0 bridgehead atoms. The van der Waals surface area contributed by atoms with E-state index in [1.807, 2.05) is 11.9 Å². The van der Waals surface area contributed by atoms with Crippen molar-refractivity contribution in [2.24, 2.45) is 0 Å². The lowest BCUT2D eigenvalue weighted by Crippen LogP contribution is -2.27. The van der Waals surface area contributed by atoms with E-state index >= 15 is 0 Å². The highest BCUT2D eigenvalue weighted by molar-refractivity contribution is 7.10. The normalized spacial score (nSPS) is 16.2. The maximum atomic E-state index is 5.87. The molecule has 7 heteroatoms. The van der Waals surface area contributed by atoms with Crippen LogP contribution in [0.1, 0.15) is 30.7 Å². The largest absolute Gasteiger partial charge is 0.368 e. The minimum atomic E-state index is 0.207. The molecule has 1 aliphatic rings. The third-order valence-electron chi connectivity index (χ3n) is 3.87. The zero-order valence-electron chi connectivity index (χ0n) is 12.4. The number of hydrogen-bond donors (Lipinski definition) is 1. The van der Waals surface area contributed by atoms with Crippen molar-refractivity contribution in [3.63, 3.8) is 0 Å². The van der Waals surface area contributed by atoms with Gasteiger partial charge in [0.1, 0.15) is 0 Å². The summed E-state index contributed by atoms with van der Waals surface area (Å²) in [6.45, 7) is 4.13. The zero-order chi connectivity index (χ0) is 14.8. The van der Waals surface area contributed by atoms with Gasteiger partial charge in [0.25, 0.3) is 0 Å². The van der Waals surface area contributed by atoms with Crippen LogP contribution in [0.3, 0.4) is 0 Å². The van der Waals surface area contributed by atoms with Crippen molar-refractivity contribution in [2.75, 3.05) is 35.7 Å². The first kappa shape index (κ1) is 14.1. The van der Waals surface area contributed by atoms with E-state index in [0.29, 0.717) is 11.9 Å². The van der Waals surface area contributed by atoms with Crippen LogP contribution in [0.5, 0.6) is 0 Å². The first-order chi connectivity index (χ1) is 10.1. The van der Waals surface area contributed by atoms with Crippen LogP contribution in [0.15, 0.2) is 17.5 Å². The van der Waals surface area contributed by atoms with E-state index in [4.69, 9.17) is 5.73 Å². The van der Waals surface area contributed by atoms with Gasteiger partial charge in [0.2, 0.25) is 17.8 Å². The molecule has 1 saturated heterocycles. The average molecular weight is 304 g/mol. The van der Waals surface area contributed by atoms with Gasteiger partial charge in [-0.2, -0.15) is 15.0 Å². The van der Waals surface area contributed by atoms with Crippen molar-refractivity contribution in [1.82, 2.24) is 15.0 Å². The van der Waals surface area contributed by atoms with E-state index in [1.165, 1.54) is 17.7 Å². The smallest absolute Gasteiger partial charge is 0.232 e. The minimum Gasteiger partial charge on any atom is -0.368 e. The van der Waals surface area contributed by atoms with Crippen molar-refractivity contribution < 1.29 is 0 Å². The van der Waals surface area contributed by atoms with Gasteiger partial charge in [0.05, 0.1) is 6.04 Å². The molecule has 3 heterocycles. The summed E-state index contributed by atoms with van der Waals surface area (Å²) >= 11 is 1.73. The Kier molecular flexibility index (Phi) is 3.92. The van der Waals surface area contributed by atoms with Crippen LogP contribution < -0.4 is 15.5 Å². The summed E-state index contributed by atoms with van der Waals surface area (Å²) in [5.74, 6) is 1.61. The highest BCUT2D eigenvalue weighted by Gasteiger charge is 2.20. The predicted molar refractivity (Wildman–Crippen MR) is 86.8 cm³/mol. The van der Waals surface area contributed by atoms with Crippen molar-refractivity contribution in [3.8, 4) is 0 Å². The summed E-state index contributed by atoms with van der Waals surface area (Å²) in [5.41, 5.74) is 5.87.